The Balaban J connectivity index is 2.18. The molecule has 6 nitrogen and oxygen atoms in total. The van der Waals surface area contributed by atoms with Gasteiger partial charge in [-0.05, 0) is 24.5 Å². The van der Waals surface area contributed by atoms with Crippen LogP contribution in [0.15, 0.2) is 24.3 Å². The number of carbonyl (C=O) groups is 2. The van der Waals surface area contributed by atoms with Crippen molar-refractivity contribution in [2.45, 2.75) is 32.5 Å². The minimum Gasteiger partial charge on any atom is -0.484 e. The summed E-state index contributed by atoms with van der Waals surface area (Å²) in [5, 5.41) is 9.35. The summed E-state index contributed by atoms with van der Waals surface area (Å²) in [6.07, 6.45) is 0.135. The molecule has 0 saturated carbocycles. The molecule has 114 valence electrons. The maximum absolute atomic E-state index is 11.4. The predicted molar refractivity (Wildman–Crippen MR) is 75.1 cm³/mol. The first-order chi connectivity index (χ1) is 10.0. The maximum atomic E-state index is 11.4. The van der Waals surface area contributed by atoms with Gasteiger partial charge in [-0.15, -0.1) is 0 Å². The topological polar surface area (TPSA) is 76.1 Å². The zero-order valence-corrected chi connectivity index (χ0v) is 12.1. The van der Waals surface area contributed by atoms with Crippen LogP contribution in [0.25, 0.3) is 0 Å². The van der Waals surface area contributed by atoms with E-state index in [2.05, 4.69) is 0 Å². The van der Waals surface area contributed by atoms with Gasteiger partial charge in [0.2, 0.25) is 12.6 Å². The van der Waals surface area contributed by atoms with Crippen LogP contribution in [0.3, 0.4) is 0 Å². The highest BCUT2D eigenvalue weighted by Crippen LogP contribution is 2.32. The van der Waals surface area contributed by atoms with Crippen molar-refractivity contribution in [2.24, 2.45) is 5.92 Å². The van der Waals surface area contributed by atoms with Crippen LogP contribution in [0.5, 0.6) is 11.5 Å². The number of para-hydroxylation sites is 2. The van der Waals surface area contributed by atoms with Crippen molar-refractivity contribution in [1.82, 2.24) is 4.90 Å². The van der Waals surface area contributed by atoms with Crippen LogP contribution in [0.1, 0.15) is 20.3 Å². The van der Waals surface area contributed by atoms with Gasteiger partial charge in [0.25, 0.3) is 0 Å². The molecule has 0 saturated heterocycles. The van der Waals surface area contributed by atoms with E-state index in [0.717, 1.165) is 0 Å². The number of carboxylic acids is 1. The van der Waals surface area contributed by atoms with Crippen molar-refractivity contribution >= 4 is 12.4 Å². The van der Waals surface area contributed by atoms with E-state index in [9.17, 15) is 14.7 Å². The smallest absolute Gasteiger partial charge is 0.326 e. The van der Waals surface area contributed by atoms with Crippen molar-refractivity contribution in [3.05, 3.63) is 24.3 Å². The zero-order valence-electron chi connectivity index (χ0n) is 12.1. The Labute approximate surface area is 123 Å². The van der Waals surface area contributed by atoms with Gasteiger partial charge in [0.05, 0.1) is 0 Å². The summed E-state index contributed by atoms with van der Waals surface area (Å²) < 4.78 is 11.2. The summed E-state index contributed by atoms with van der Waals surface area (Å²) in [6, 6.07) is 6.17. The molecule has 1 aliphatic heterocycles. The van der Waals surface area contributed by atoms with E-state index in [1.54, 1.807) is 18.2 Å². The number of amides is 1. The SMILES string of the molecule is CC(C)CC(C(=O)O)N(C=O)C1COc2ccccc2O1. The number of nitrogens with zero attached hydrogens (tertiary/aromatic N) is 1. The number of aliphatic carboxylic acids is 1. The molecular weight excluding hydrogens is 274 g/mol. The molecule has 1 heterocycles. The molecule has 1 N–H and O–H groups in total. The van der Waals surface area contributed by atoms with E-state index in [0.29, 0.717) is 24.3 Å². The lowest BCUT2D eigenvalue weighted by atomic mass is 10.0. The molecule has 0 radical (unpaired) electrons. The Morgan fingerprint density at radius 3 is 2.67 bits per heavy atom. The summed E-state index contributed by atoms with van der Waals surface area (Å²) in [5.74, 6) is 0.202. The molecule has 21 heavy (non-hydrogen) atoms. The van der Waals surface area contributed by atoms with Crippen molar-refractivity contribution in [2.75, 3.05) is 6.61 Å². The molecule has 6 heteroatoms. The Hall–Kier alpha value is -2.24. The zero-order chi connectivity index (χ0) is 15.4. The van der Waals surface area contributed by atoms with Gasteiger partial charge in [-0.25, -0.2) is 4.79 Å². The number of rotatable bonds is 6. The van der Waals surface area contributed by atoms with E-state index in [-0.39, 0.29) is 12.5 Å². The third kappa shape index (κ3) is 3.45. The average molecular weight is 293 g/mol. The van der Waals surface area contributed by atoms with Crippen LogP contribution in [0, 0.1) is 5.92 Å². The summed E-state index contributed by atoms with van der Waals surface area (Å²) in [7, 11) is 0. The van der Waals surface area contributed by atoms with Crippen molar-refractivity contribution in [3.8, 4) is 11.5 Å². The lowest BCUT2D eigenvalue weighted by molar-refractivity contribution is -0.155. The predicted octanol–water partition coefficient (Wildman–Crippen LogP) is 1.74. The van der Waals surface area contributed by atoms with E-state index < -0.39 is 18.2 Å². The second kappa shape index (κ2) is 6.47. The second-order valence-electron chi connectivity index (χ2n) is 5.37. The maximum Gasteiger partial charge on any atom is 0.326 e. The summed E-state index contributed by atoms with van der Waals surface area (Å²) in [6.45, 7) is 3.93. The molecule has 2 unspecified atom stereocenters. The number of carboxylic acid groups (broad SMARTS) is 1. The highest BCUT2D eigenvalue weighted by Gasteiger charge is 2.34. The molecular formula is C15H19NO5. The first-order valence-electron chi connectivity index (χ1n) is 6.87. The Morgan fingerprint density at radius 2 is 2.10 bits per heavy atom. The number of benzene rings is 1. The average Bonchev–Trinajstić information content (AvgIpc) is 2.46. The van der Waals surface area contributed by atoms with Crippen molar-refractivity contribution < 1.29 is 24.2 Å². The quantitative estimate of drug-likeness (QED) is 0.809. The van der Waals surface area contributed by atoms with Crippen LogP contribution in [-0.4, -0.2) is 41.3 Å². The molecule has 0 bridgehead atoms. The van der Waals surface area contributed by atoms with Crippen LogP contribution in [-0.2, 0) is 9.59 Å². The Bertz CT molecular complexity index is 517. The standard InChI is InChI=1S/C15H19NO5/c1-10(2)7-11(15(18)19)16(9-17)14-8-20-12-5-3-4-6-13(12)21-14/h3-6,9-11,14H,7-8H2,1-2H3,(H,18,19). The Morgan fingerprint density at radius 1 is 1.43 bits per heavy atom. The van der Waals surface area contributed by atoms with Gasteiger partial charge in [0.15, 0.2) is 11.5 Å². The fraction of sp³-hybridized carbons (Fsp3) is 0.467. The Kier molecular flexibility index (Phi) is 4.67. The third-order valence-electron chi connectivity index (χ3n) is 3.29. The van der Waals surface area contributed by atoms with Gasteiger partial charge in [-0.3, -0.25) is 9.69 Å². The fourth-order valence-electron chi connectivity index (χ4n) is 2.29. The molecule has 1 aromatic rings. The van der Waals surface area contributed by atoms with Crippen LogP contribution in [0.2, 0.25) is 0 Å². The second-order valence-corrected chi connectivity index (χ2v) is 5.37. The van der Waals surface area contributed by atoms with Crippen LogP contribution in [0.4, 0.5) is 0 Å². The number of carbonyl (C=O) groups excluding carboxylic acids is 1. The molecule has 0 spiro atoms. The molecule has 2 rings (SSSR count). The highest BCUT2D eigenvalue weighted by molar-refractivity contribution is 5.76. The molecule has 2 atom stereocenters. The molecule has 1 aromatic carbocycles. The van der Waals surface area contributed by atoms with Crippen molar-refractivity contribution in [3.63, 3.8) is 0 Å². The number of hydrogen-bond donors (Lipinski definition) is 1. The van der Waals surface area contributed by atoms with Gasteiger partial charge < -0.3 is 14.6 Å². The lowest BCUT2D eigenvalue weighted by Crippen LogP contribution is -2.53. The fourth-order valence-corrected chi connectivity index (χ4v) is 2.29. The molecule has 1 aliphatic rings. The third-order valence-corrected chi connectivity index (χ3v) is 3.29. The van der Waals surface area contributed by atoms with E-state index in [1.165, 1.54) is 4.90 Å². The monoisotopic (exact) mass is 293 g/mol. The molecule has 0 aliphatic carbocycles. The first-order valence-corrected chi connectivity index (χ1v) is 6.87. The summed E-state index contributed by atoms with van der Waals surface area (Å²) in [4.78, 5) is 24.0. The van der Waals surface area contributed by atoms with Crippen molar-refractivity contribution in [1.29, 1.82) is 0 Å². The first kappa shape index (κ1) is 15.2. The van der Waals surface area contributed by atoms with Gasteiger partial charge in [0.1, 0.15) is 12.6 Å². The van der Waals surface area contributed by atoms with Gasteiger partial charge >= 0.3 is 5.97 Å². The molecule has 0 fully saturated rings. The molecule has 1 amide bonds. The van der Waals surface area contributed by atoms with Gasteiger partial charge in [-0.1, -0.05) is 26.0 Å². The largest absolute Gasteiger partial charge is 0.484 e. The van der Waals surface area contributed by atoms with Crippen LogP contribution >= 0.6 is 0 Å². The van der Waals surface area contributed by atoms with E-state index in [4.69, 9.17) is 9.47 Å². The van der Waals surface area contributed by atoms with E-state index in [1.807, 2.05) is 19.9 Å². The van der Waals surface area contributed by atoms with Crippen LogP contribution < -0.4 is 9.47 Å². The normalized spacial score (nSPS) is 18.1. The lowest BCUT2D eigenvalue weighted by Gasteiger charge is -2.36. The van der Waals surface area contributed by atoms with Gasteiger partial charge in [-0.2, -0.15) is 0 Å². The number of hydrogen-bond acceptors (Lipinski definition) is 4. The molecule has 0 aromatic heterocycles. The van der Waals surface area contributed by atoms with Gasteiger partial charge in [0, 0.05) is 0 Å². The summed E-state index contributed by atoms with van der Waals surface area (Å²) >= 11 is 0. The number of fused-ring (bicyclic) bond motifs is 1. The highest BCUT2D eigenvalue weighted by atomic mass is 16.6. The number of ether oxygens (including phenoxy) is 2. The summed E-state index contributed by atoms with van der Waals surface area (Å²) in [5.41, 5.74) is 0. The minimum atomic E-state index is -1.04. The minimum absolute atomic E-state index is 0.109. The van der Waals surface area contributed by atoms with E-state index >= 15 is 0 Å².